The van der Waals surface area contributed by atoms with E-state index < -0.39 is 0 Å². The molecule has 86 valence electrons. The molecular weight excluding hydrogens is 200 g/mol. The van der Waals surface area contributed by atoms with Gasteiger partial charge in [-0.3, -0.25) is 0 Å². The molecule has 1 heterocycles. The second kappa shape index (κ2) is 4.19. The fraction of sp³-hybridized carbons (Fsp3) is 0.571. The van der Waals surface area contributed by atoms with Gasteiger partial charge in [0.15, 0.2) is 5.79 Å². The minimum atomic E-state index is -0.251. The molecule has 0 bridgehead atoms. The summed E-state index contributed by atoms with van der Waals surface area (Å²) in [6.07, 6.45) is 6.07. The first-order valence-electron chi connectivity index (χ1n) is 6.25. The Labute approximate surface area is 96.6 Å². The Morgan fingerprint density at radius 2 is 1.75 bits per heavy atom. The van der Waals surface area contributed by atoms with Crippen molar-refractivity contribution in [2.45, 2.75) is 44.0 Å². The molecule has 2 aliphatic rings. The van der Waals surface area contributed by atoms with E-state index in [2.05, 4.69) is 24.3 Å². The lowest BCUT2D eigenvalue weighted by Gasteiger charge is -2.31. The number of rotatable bonds is 1. The zero-order chi connectivity index (χ0) is 10.8. The van der Waals surface area contributed by atoms with Gasteiger partial charge in [-0.15, -0.1) is 0 Å². The number of ether oxygens (including phenoxy) is 2. The van der Waals surface area contributed by atoms with E-state index in [1.54, 1.807) is 0 Å². The molecule has 16 heavy (non-hydrogen) atoms. The second-order valence-corrected chi connectivity index (χ2v) is 4.80. The van der Waals surface area contributed by atoms with Gasteiger partial charge in [-0.05, 0) is 18.4 Å². The SMILES string of the molecule is c1ccc(C2COC3(CCCCC3)O2)cc1. The highest BCUT2D eigenvalue weighted by Crippen LogP contribution is 2.42. The molecule has 1 spiro atoms. The smallest absolute Gasteiger partial charge is 0.169 e. The van der Waals surface area contributed by atoms with E-state index in [0.717, 1.165) is 12.8 Å². The van der Waals surface area contributed by atoms with Crippen molar-refractivity contribution in [1.82, 2.24) is 0 Å². The number of hydrogen-bond acceptors (Lipinski definition) is 2. The van der Waals surface area contributed by atoms with E-state index in [4.69, 9.17) is 9.47 Å². The lowest BCUT2D eigenvalue weighted by Crippen LogP contribution is -2.32. The van der Waals surface area contributed by atoms with Gasteiger partial charge < -0.3 is 9.47 Å². The molecule has 1 saturated carbocycles. The highest BCUT2D eigenvalue weighted by molar-refractivity contribution is 5.18. The average molecular weight is 218 g/mol. The topological polar surface area (TPSA) is 18.5 Å². The lowest BCUT2D eigenvalue weighted by molar-refractivity contribution is -0.187. The van der Waals surface area contributed by atoms with Crippen LogP contribution in [0.4, 0.5) is 0 Å². The molecule has 2 fully saturated rings. The van der Waals surface area contributed by atoms with Crippen LogP contribution in [-0.2, 0) is 9.47 Å². The van der Waals surface area contributed by atoms with Gasteiger partial charge in [0.1, 0.15) is 6.10 Å². The number of benzene rings is 1. The first-order valence-corrected chi connectivity index (χ1v) is 6.25. The molecule has 1 unspecified atom stereocenters. The molecule has 0 radical (unpaired) electrons. The summed E-state index contributed by atoms with van der Waals surface area (Å²) in [7, 11) is 0. The van der Waals surface area contributed by atoms with Crippen molar-refractivity contribution in [2.75, 3.05) is 6.61 Å². The predicted octanol–water partition coefficient (Wildman–Crippen LogP) is 3.43. The molecule has 1 aliphatic carbocycles. The van der Waals surface area contributed by atoms with Crippen molar-refractivity contribution < 1.29 is 9.47 Å². The Balaban J connectivity index is 1.73. The van der Waals surface area contributed by atoms with E-state index in [9.17, 15) is 0 Å². The normalized spacial score (nSPS) is 28.4. The maximum atomic E-state index is 6.15. The van der Waals surface area contributed by atoms with Crippen LogP contribution in [0, 0.1) is 0 Å². The van der Waals surface area contributed by atoms with Gasteiger partial charge in [0.25, 0.3) is 0 Å². The van der Waals surface area contributed by atoms with Gasteiger partial charge in [0.05, 0.1) is 6.61 Å². The largest absolute Gasteiger partial charge is 0.347 e. The van der Waals surface area contributed by atoms with Crippen LogP contribution in [0.25, 0.3) is 0 Å². The zero-order valence-electron chi connectivity index (χ0n) is 9.52. The van der Waals surface area contributed by atoms with Gasteiger partial charge in [0, 0.05) is 12.8 Å². The van der Waals surface area contributed by atoms with Crippen LogP contribution in [0.5, 0.6) is 0 Å². The summed E-state index contributed by atoms with van der Waals surface area (Å²) in [5.74, 6) is -0.251. The summed E-state index contributed by atoms with van der Waals surface area (Å²) in [6, 6.07) is 10.4. The molecule has 1 aliphatic heterocycles. The summed E-state index contributed by atoms with van der Waals surface area (Å²) in [4.78, 5) is 0. The molecule has 1 saturated heterocycles. The Hall–Kier alpha value is -0.860. The van der Waals surface area contributed by atoms with Gasteiger partial charge in [-0.25, -0.2) is 0 Å². The fourth-order valence-electron chi connectivity index (χ4n) is 2.74. The summed E-state index contributed by atoms with van der Waals surface area (Å²) in [5.41, 5.74) is 1.24. The summed E-state index contributed by atoms with van der Waals surface area (Å²) < 4.78 is 12.1. The van der Waals surface area contributed by atoms with Gasteiger partial charge in [-0.2, -0.15) is 0 Å². The molecule has 1 atom stereocenters. The van der Waals surface area contributed by atoms with Gasteiger partial charge >= 0.3 is 0 Å². The molecular formula is C14H18O2. The zero-order valence-corrected chi connectivity index (χ0v) is 9.52. The Kier molecular flexibility index (Phi) is 2.70. The van der Waals surface area contributed by atoms with Crippen LogP contribution < -0.4 is 0 Å². The maximum Gasteiger partial charge on any atom is 0.169 e. The van der Waals surface area contributed by atoms with Gasteiger partial charge in [0.2, 0.25) is 0 Å². The van der Waals surface area contributed by atoms with Crippen molar-refractivity contribution in [1.29, 1.82) is 0 Å². The first kappa shape index (κ1) is 10.3. The third kappa shape index (κ3) is 1.87. The highest BCUT2D eigenvalue weighted by atomic mass is 16.7. The molecule has 3 rings (SSSR count). The van der Waals surface area contributed by atoms with Crippen molar-refractivity contribution in [3.8, 4) is 0 Å². The second-order valence-electron chi connectivity index (χ2n) is 4.80. The average Bonchev–Trinajstić information content (AvgIpc) is 2.75. The molecule has 2 heteroatoms. The minimum absolute atomic E-state index is 0.138. The molecule has 1 aromatic carbocycles. The Bertz CT molecular complexity index is 341. The lowest BCUT2D eigenvalue weighted by atomic mass is 9.94. The van der Waals surface area contributed by atoms with E-state index in [1.807, 2.05) is 6.07 Å². The summed E-state index contributed by atoms with van der Waals surface area (Å²) in [6.45, 7) is 0.712. The molecule has 0 N–H and O–H groups in total. The maximum absolute atomic E-state index is 6.15. The van der Waals surface area contributed by atoms with E-state index in [0.29, 0.717) is 6.61 Å². The fourth-order valence-corrected chi connectivity index (χ4v) is 2.74. The van der Waals surface area contributed by atoms with E-state index in [1.165, 1.54) is 24.8 Å². The van der Waals surface area contributed by atoms with Crippen molar-refractivity contribution in [3.05, 3.63) is 35.9 Å². The molecule has 1 aromatic rings. The van der Waals surface area contributed by atoms with Crippen molar-refractivity contribution >= 4 is 0 Å². The van der Waals surface area contributed by atoms with Crippen LogP contribution in [0.1, 0.15) is 43.8 Å². The first-order chi connectivity index (χ1) is 7.88. The monoisotopic (exact) mass is 218 g/mol. The Morgan fingerprint density at radius 3 is 2.50 bits per heavy atom. The van der Waals surface area contributed by atoms with E-state index in [-0.39, 0.29) is 11.9 Å². The Morgan fingerprint density at radius 1 is 1.00 bits per heavy atom. The van der Waals surface area contributed by atoms with Crippen LogP contribution >= 0.6 is 0 Å². The third-order valence-corrected chi connectivity index (χ3v) is 3.64. The van der Waals surface area contributed by atoms with Crippen LogP contribution in [0.3, 0.4) is 0 Å². The summed E-state index contributed by atoms with van der Waals surface area (Å²) >= 11 is 0. The van der Waals surface area contributed by atoms with Crippen LogP contribution in [-0.4, -0.2) is 12.4 Å². The van der Waals surface area contributed by atoms with E-state index >= 15 is 0 Å². The minimum Gasteiger partial charge on any atom is -0.347 e. The highest BCUT2D eigenvalue weighted by Gasteiger charge is 2.42. The van der Waals surface area contributed by atoms with Crippen molar-refractivity contribution in [3.63, 3.8) is 0 Å². The number of hydrogen-bond donors (Lipinski definition) is 0. The van der Waals surface area contributed by atoms with Crippen LogP contribution in [0.2, 0.25) is 0 Å². The third-order valence-electron chi connectivity index (χ3n) is 3.64. The summed E-state index contributed by atoms with van der Waals surface area (Å²) in [5, 5.41) is 0. The van der Waals surface area contributed by atoms with Gasteiger partial charge in [-0.1, -0.05) is 36.8 Å². The molecule has 0 aromatic heterocycles. The molecule has 2 nitrogen and oxygen atoms in total. The standard InChI is InChI=1S/C14H18O2/c1-3-7-12(8-4-1)13-11-15-14(16-13)9-5-2-6-10-14/h1,3-4,7-8,13H,2,5-6,9-11H2. The molecule has 0 amide bonds. The van der Waals surface area contributed by atoms with Crippen molar-refractivity contribution in [2.24, 2.45) is 0 Å². The predicted molar refractivity (Wildman–Crippen MR) is 62.0 cm³/mol. The van der Waals surface area contributed by atoms with Crippen LogP contribution in [0.15, 0.2) is 30.3 Å². The quantitative estimate of drug-likeness (QED) is 0.719.